The number of aryl methyl sites for hydroxylation is 1. The van der Waals surface area contributed by atoms with Crippen molar-refractivity contribution in [3.05, 3.63) is 91.9 Å². The van der Waals surface area contributed by atoms with E-state index in [1.54, 1.807) is 6.07 Å². The lowest BCUT2D eigenvalue weighted by Gasteiger charge is -2.10. The Morgan fingerprint density at radius 1 is 0.885 bits per heavy atom. The normalized spacial score (nSPS) is 10.6. The van der Waals surface area contributed by atoms with Gasteiger partial charge in [-0.05, 0) is 66.1 Å². The third-order valence-electron chi connectivity index (χ3n) is 3.97. The average molecular weight is 451 g/mol. The first kappa shape index (κ1) is 19.1. The molecule has 0 radical (unpaired) electrons. The van der Waals surface area contributed by atoms with Crippen molar-refractivity contribution in [1.29, 1.82) is 0 Å². The van der Waals surface area contributed by atoms with Gasteiger partial charge >= 0.3 is 0 Å². The van der Waals surface area contributed by atoms with E-state index in [1.165, 1.54) is 11.1 Å². The van der Waals surface area contributed by atoms with Crippen LogP contribution in [0.25, 0.3) is 0 Å². The monoisotopic (exact) mass is 449 g/mol. The Morgan fingerprint density at radius 3 is 2.31 bits per heavy atom. The fourth-order valence-corrected chi connectivity index (χ4v) is 3.03. The first-order chi connectivity index (χ1) is 12.5. The van der Waals surface area contributed by atoms with Crippen LogP contribution in [0.1, 0.15) is 16.7 Å². The van der Waals surface area contributed by atoms with E-state index in [9.17, 15) is 0 Å². The summed E-state index contributed by atoms with van der Waals surface area (Å²) in [5.41, 5.74) is 4.48. The fourth-order valence-electron chi connectivity index (χ4n) is 2.46. The lowest BCUT2D eigenvalue weighted by Crippen LogP contribution is -2.00. The number of rotatable bonds is 6. The fraction of sp³-hybridized carbons (Fsp3) is 0.143. The molecule has 1 N–H and O–H groups in total. The smallest absolute Gasteiger partial charge is 0.119 e. The van der Waals surface area contributed by atoms with Crippen LogP contribution in [0.15, 0.2) is 65.1 Å². The Hall–Kier alpha value is -1.68. The molecule has 0 saturated heterocycles. The third kappa shape index (κ3) is 5.16. The molecule has 0 spiro atoms. The molecule has 0 amide bonds. The second kappa shape index (κ2) is 8.81. The molecule has 0 unspecified atom stereocenters. The van der Waals surface area contributed by atoms with E-state index in [2.05, 4.69) is 58.5 Å². The highest BCUT2D eigenvalue weighted by atomic mass is 79.9. The van der Waals surface area contributed by atoms with Gasteiger partial charge in [-0.25, -0.2) is 0 Å². The van der Waals surface area contributed by atoms with Crippen molar-refractivity contribution in [3.63, 3.8) is 0 Å². The van der Waals surface area contributed by atoms with Crippen LogP contribution in [0.5, 0.6) is 5.75 Å². The molecule has 5 heteroatoms. The molecule has 0 atom stereocenters. The molecule has 0 aliphatic heterocycles. The Morgan fingerprint density at radius 2 is 1.62 bits per heavy atom. The SMILES string of the molecule is Cc1cc(NCc2ccc(OCc3ccc(Cl)c(Cl)c3)cc2)ccc1Br. The minimum Gasteiger partial charge on any atom is -0.489 e. The zero-order valence-corrected chi connectivity index (χ0v) is 17.3. The molecule has 0 bridgehead atoms. The summed E-state index contributed by atoms with van der Waals surface area (Å²) in [5, 5.41) is 4.52. The Balaban J connectivity index is 1.54. The summed E-state index contributed by atoms with van der Waals surface area (Å²) in [6.45, 7) is 3.29. The summed E-state index contributed by atoms with van der Waals surface area (Å²) in [6, 6.07) is 19.8. The molecule has 3 rings (SSSR count). The van der Waals surface area contributed by atoms with Crippen LogP contribution in [0.4, 0.5) is 5.69 Å². The molecule has 3 aromatic rings. The molecule has 26 heavy (non-hydrogen) atoms. The van der Waals surface area contributed by atoms with E-state index < -0.39 is 0 Å². The van der Waals surface area contributed by atoms with Crippen molar-refractivity contribution < 1.29 is 4.74 Å². The highest BCUT2D eigenvalue weighted by Crippen LogP contribution is 2.24. The highest BCUT2D eigenvalue weighted by molar-refractivity contribution is 9.10. The van der Waals surface area contributed by atoms with Crippen LogP contribution >= 0.6 is 39.1 Å². The van der Waals surface area contributed by atoms with E-state index in [4.69, 9.17) is 27.9 Å². The summed E-state index contributed by atoms with van der Waals surface area (Å²) in [4.78, 5) is 0. The zero-order valence-electron chi connectivity index (χ0n) is 14.2. The van der Waals surface area contributed by atoms with Gasteiger partial charge in [0.2, 0.25) is 0 Å². The van der Waals surface area contributed by atoms with Crippen molar-refractivity contribution >= 4 is 44.8 Å². The number of anilines is 1. The summed E-state index contributed by atoms with van der Waals surface area (Å²) in [7, 11) is 0. The van der Waals surface area contributed by atoms with Crippen LogP contribution in [0.3, 0.4) is 0 Å². The molecule has 0 fully saturated rings. The summed E-state index contributed by atoms with van der Waals surface area (Å²) in [5.74, 6) is 0.819. The number of hydrogen-bond donors (Lipinski definition) is 1. The van der Waals surface area contributed by atoms with E-state index in [1.807, 2.05) is 24.3 Å². The van der Waals surface area contributed by atoms with Gasteiger partial charge in [0.05, 0.1) is 10.0 Å². The van der Waals surface area contributed by atoms with Gasteiger partial charge in [-0.2, -0.15) is 0 Å². The van der Waals surface area contributed by atoms with Crippen molar-refractivity contribution in [2.24, 2.45) is 0 Å². The maximum absolute atomic E-state index is 6.02. The summed E-state index contributed by atoms with van der Waals surface area (Å²) >= 11 is 15.5. The Kier molecular flexibility index (Phi) is 6.47. The lowest BCUT2D eigenvalue weighted by atomic mass is 10.2. The van der Waals surface area contributed by atoms with Gasteiger partial charge in [0.15, 0.2) is 0 Å². The molecule has 0 saturated carbocycles. The summed E-state index contributed by atoms with van der Waals surface area (Å²) < 4.78 is 6.92. The van der Waals surface area contributed by atoms with Gasteiger partial charge in [-0.3, -0.25) is 0 Å². The highest BCUT2D eigenvalue weighted by Gasteiger charge is 2.02. The van der Waals surface area contributed by atoms with E-state index >= 15 is 0 Å². The van der Waals surface area contributed by atoms with Gasteiger partial charge in [-0.1, -0.05) is 57.3 Å². The molecule has 3 aromatic carbocycles. The molecular formula is C21H18BrCl2NO. The predicted molar refractivity (Wildman–Crippen MR) is 113 cm³/mol. The molecule has 0 aromatic heterocycles. The topological polar surface area (TPSA) is 21.3 Å². The standard InChI is InChI=1S/C21H18BrCl2NO/c1-14-10-17(5-8-19(14)22)25-12-15-2-6-18(7-3-15)26-13-16-4-9-20(23)21(24)11-16/h2-11,25H,12-13H2,1H3. The Bertz CT molecular complexity index is 823. The van der Waals surface area contributed by atoms with Crippen molar-refractivity contribution in [2.75, 3.05) is 5.32 Å². The van der Waals surface area contributed by atoms with Crippen molar-refractivity contribution in [1.82, 2.24) is 0 Å². The molecule has 2 nitrogen and oxygen atoms in total. The van der Waals surface area contributed by atoms with Crippen LogP contribution in [-0.2, 0) is 13.2 Å². The maximum atomic E-state index is 6.02. The van der Waals surface area contributed by atoms with E-state index in [0.717, 1.165) is 28.0 Å². The predicted octanol–water partition coefficient (Wildman–Crippen LogP) is 7.26. The van der Waals surface area contributed by atoms with Crippen molar-refractivity contribution in [2.45, 2.75) is 20.1 Å². The van der Waals surface area contributed by atoms with E-state index in [0.29, 0.717) is 16.7 Å². The molecule has 0 heterocycles. The minimum atomic E-state index is 0.451. The molecule has 0 aliphatic carbocycles. The number of halogens is 3. The first-order valence-electron chi connectivity index (χ1n) is 8.17. The van der Waals surface area contributed by atoms with Crippen LogP contribution in [-0.4, -0.2) is 0 Å². The molecule has 0 aliphatic rings. The third-order valence-corrected chi connectivity index (χ3v) is 5.60. The van der Waals surface area contributed by atoms with Gasteiger partial charge < -0.3 is 10.1 Å². The Labute approximate surface area is 172 Å². The minimum absolute atomic E-state index is 0.451. The average Bonchev–Trinajstić information content (AvgIpc) is 2.64. The van der Waals surface area contributed by atoms with Crippen LogP contribution < -0.4 is 10.1 Å². The number of benzene rings is 3. The van der Waals surface area contributed by atoms with Gasteiger partial charge in [-0.15, -0.1) is 0 Å². The van der Waals surface area contributed by atoms with Crippen molar-refractivity contribution in [3.8, 4) is 5.75 Å². The number of nitrogens with one attached hydrogen (secondary N) is 1. The maximum Gasteiger partial charge on any atom is 0.119 e. The lowest BCUT2D eigenvalue weighted by molar-refractivity contribution is 0.306. The van der Waals surface area contributed by atoms with Gasteiger partial charge in [0.25, 0.3) is 0 Å². The molecular weight excluding hydrogens is 433 g/mol. The second-order valence-electron chi connectivity index (χ2n) is 6.00. The van der Waals surface area contributed by atoms with E-state index in [-0.39, 0.29) is 0 Å². The number of hydrogen-bond acceptors (Lipinski definition) is 2. The summed E-state index contributed by atoms with van der Waals surface area (Å²) in [6.07, 6.45) is 0. The van der Waals surface area contributed by atoms with Gasteiger partial charge in [0, 0.05) is 16.7 Å². The van der Waals surface area contributed by atoms with Crippen LogP contribution in [0, 0.1) is 6.92 Å². The first-order valence-corrected chi connectivity index (χ1v) is 9.72. The van der Waals surface area contributed by atoms with Crippen LogP contribution in [0.2, 0.25) is 10.0 Å². The van der Waals surface area contributed by atoms with Gasteiger partial charge in [0.1, 0.15) is 12.4 Å². The molecule has 134 valence electrons. The quantitative estimate of drug-likeness (QED) is 0.426. The largest absolute Gasteiger partial charge is 0.489 e. The second-order valence-corrected chi connectivity index (χ2v) is 7.67. The zero-order chi connectivity index (χ0) is 18.5. The number of ether oxygens (including phenoxy) is 1.